The lowest BCUT2D eigenvalue weighted by molar-refractivity contribution is -0.139. The van der Waals surface area contributed by atoms with Crippen LogP contribution < -0.4 is 11.2 Å². The lowest BCUT2D eigenvalue weighted by Crippen LogP contribution is -2.39. The SMILES string of the molecule is CCOC(=O)CSC(=O)n1c(=O)[nH]cc(F)c1=O. The maximum atomic E-state index is 12.9. The number of nitrogens with zero attached hydrogens (tertiary/aromatic N) is 1. The predicted molar refractivity (Wildman–Crippen MR) is 61.2 cm³/mol. The second-order valence-corrected chi connectivity index (χ2v) is 3.87. The summed E-state index contributed by atoms with van der Waals surface area (Å²) >= 11 is 0.377. The van der Waals surface area contributed by atoms with E-state index < -0.39 is 28.3 Å². The number of hydrogen-bond donors (Lipinski definition) is 1. The van der Waals surface area contributed by atoms with E-state index in [1.165, 1.54) is 0 Å². The van der Waals surface area contributed by atoms with Gasteiger partial charge in [-0.3, -0.25) is 14.4 Å². The van der Waals surface area contributed by atoms with Crippen LogP contribution in [-0.4, -0.2) is 33.1 Å². The number of rotatable bonds is 3. The summed E-state index contributed by atoms with van der Waals surface area (Å²) in [6.07, 6.45) is 0.560. The highest BCUT2D eigenvalue weighted by Gasteiger charge is 2.16. The minimum Gasteiger partial charge on any atom is -0.465 e. The van der Waals surface area contributed by atoms with Crippen LogP contribution in [0.3, 0.4) is 0 Å². The molecular weight excluding hydrogens is 267 g/mol. The number of aromatic amines is 1. The Labute approximate surface area is 104 Å². The number of carbonyl (C=O) groups is 2. The molecule has 9 heteroatoms. The first kappa shape index (κ1) is 14.2. The van der Waals surface area contributed by atoms with Crippen molar-refractivity contribution >= 4 is 23.0 Å². The van der Waals surface area contributed by atoms with E-state index in [2.05, 4.69) is 4.74 Å². The van der Waals surface area contributed by atoms with Crippen LogP contribution in [-0.2, 0) is 9.53 Å². The Morgan fingerprint density at radius 2 is 2.17 bits per heavy atom. The highest BCUT2D eigenvalue weighted by Crippen LogP contribution is 2.04. The van der Waals surface area contributed by atoms with Crippen LogP contribution in [0.15, 0.2) is 15.8 Å². The lowest BCUT2D eigenvalue weighted by atomic mass is 10.6. The number of ether oxygens (including phenoxy) is 1. The Balaban J connectivity index is 2.86. The maximum absolute atomic E-state index is 12.9. The molecule has 0 aliphatic carbocycles. The van der Waals surface area contributed by atoms with E-state index in [1.807, 2.05) is 4.98 Å². The first-order valence-corrected chi connectivity index (χ1v) is 5.79. The average molecular weight is 276 g/mol. The number of halogens is 1. The number of nitrogens with one attached hydrogen (secondary N) is 1. The molecule has 7 nitrogen and oxygen atoms in total. The lowest BCUT2D eigenvalue weighted by Gasteiger charge is -2.02. The summed E-state index contributed by atoms with van der Waals surface area (Å²) in [6.45, 7) is 1.74. The first-order chi connectivity index (χ1) is 8.47. The van der Waals surface area contributed by atoms with Crippen molar-refractivity contribution in [3.63, 3.8) is 0 Å². The van der Waals surface area contributed by atoms with Crippen molar-refractivity contribution in [1.82, 2.24) is 9.55 Å². The summed E-state index contributed by atoms with van der Waals surface area (Å²) in [5, 5.41) is -1.05. The van der Waals surface area contributed by atoms with Crippen LogP contribution >= 0.6 is 11.8 Å². The zero-order valence-electron chi connectivity index (χ0n) is 9.27. The van der Waals surface area contributed by atoms with Gasteiger partial charge in [0.2, 0.25) is 5.82 Å². The summed E-state index contributed by atoms with van der Waals surface area (Å²) < 4.78 is 17.5. The normalized spacial score (nSPS) is 10.1. The highest BCUT2D eigenvalue weighted by molar-refractivity contribution is 8.14. The fraction of sp³-hybridized carbons (Fsp3) is 0.333. The van der Waals surface area contributed by atoms with E-state index in [4.69, 9.17) is 0 Å². The topological polar surface area (TPSA) is 98.2 Å². The molecule has 0 aliphatic heterocycles. The molecule has 0 amide bonds. The van der Waals surface area contributed by atoms with Crippen molar-refractivity contribution in [2.24, 2.45) is 0 Å². The van der Waals surface area contributed by atoms with Crippen molar-refractivity contribution in [3.8, 4) is 0 Å². The molecule has 0 aliphatic rings. The summed E-state index contributed by atoms with van der Waals surface area (Å²) in [6, 6.07) is 0. The summed E-state index contributed by atoms with van der Waals surface area (Å²) in [4.78, 5) is 46.7. The minimum atomic E-state index is -1.36. The van der Waals surface area contributed by atoms with Crippen molar-refractivity contribution < 1.29 is 18.7 Å². The first-order valence-electron chi connectivity index (χ1n) is 4.80. The molecule has 18 heavy (non-hydrogen) atoms. The Hall–Kier alpha value is -1.90. The molecule has 0 aromatic carbocycles. The molecule has 0 saturated heterocycles. The number of H-pyrrole nitrogens is 1. The zero-order valence-corrected chi connectivity index (χ0v) is 10.1. The van der Waals surface area contributed by atoms with Gasteiger partial charge in [0.15, 0.2) is 0 Å². The number of thioether (sulfide) groups is 1. The Bertz CT molecular complexity index is 579. The molecule has 1 aromatic rings. The molecule has 1 rings (SSSR count). The van der Waals surface area contributed by atoms with Gasteiger partial charge in [0, 0.05) is 6.20 Å². The zero-order chi connectivity index (χ0) is 13.7. The molecule has 0 spiro atoms. The standard InChI is InChI=1S/C9H9FN2O5S/c1-2-17-6(13)4-18-9(16)12-7(14)5(10)3-11-8(12)15/h3H,2,4H2,1H3,(H,11,15). The predicted octanol–water partition coefficient (Wildman–Crippen LogP) is -0.0599. The molecule has 0 saturated carbocycles. The molecule has 1 heterocycles. The van der Waals surface area contributed by atoms with Crippen LogP contribution in [0.5, 0.6) is 0 Å². The molecule has 1 N–H and O–H groups in total. The fourth-order valence-electron chi connectivity index (χ4n) is 1.00. The van der Waals surface area contributed by atoms with Crippen molar-refractivity contribution in [3.05, 3.63) is 32.9 Å². The molecule has 98 valence electrons. The monoisotopic (exact) mass is 276 g/mol. The molecule has 0 radical (unpaired) electrons. The maximum Gasteiger partial charge on any atom is 0.336 e. The molecule has 0 fully saturated rings. The van der Waals surface area contributed by atoms with Crippen molar-refractivity contribution in [2.75, 3.05) is 12.4 Å². The molecule has 0 unspecified atom stereocenters. The summed E-state index contributed by atoms with van der Waals surface area (Å²) in [5.74, 6) is -2.30. The van der Waals surface area contributed by atoms with Crippen LogP contribution in [0.2, 0.25) is 0 Å². The van der Waals surface area contributed by atoms with Crippen molar-refractivity contribution in [1.29, 1.82) is 0 Å². The largest absolute Gasteiger partial charge is 0.465 e. The van der Waals surface area contributed by atoms with Crippen LogP contribution in [0.1, 0.15) is 6.92 Å². The van der Waals surface area contributed by atoms with Gasteiger partial charge in [0.05, 0.1) is 6.61 Å². The third kappa shape index (κ3) is 3.29. The highest BCUT2D eigenvalue weighted by atomic mass is 32.2. The second-order valence-electron chi connectivity index (χ2n) is 2.94. The average Bonchev–Trinajstić information content (AvgIpc) is 2.32. The quantitative estimate of drug-likeness (QED) is 0.777. The van der Waals surface area contributed by atoms with Gasteiger partial charge in [0.1, 0.15) is 5.75 Å². The number of esters is 1. The van der Waals surface area contributed by atoms with Crippen LogP contribution in [0.4, 0.5) is 9.18 Å². The summed E-state index contributed by atoms with van der Waals surface area (Å²) in [7, 11) is 0. The van der Waals surface area contributed by atoms with Gasteiger partial charge < -0.3 is 9.72 Å². The molecule has 0 bridgehead atoms. The van der Waals surface area contributed by atoms with E-state index in [9.17, 15) is 23.6 Å². The molecular formula is C9H9FN2O5S. The van der Waals surface area contributed by atoms with Crippen LogP contribution in [0.25, 0.3) is 0 Å². The van der Waals surface area contributed by atoms with E-state index in [0.29, 0.717) is 18.0 Å². The van der Waals surface area contributed by atoms with Gasteiger partial charge >= 0.3 is 11.7 Å². The Morgan fingerprint density at radius 3 is 2.78 bits per heavy atom. The van der Waals surface area contributed by atoms with Crippen molar-refractivity contribution in [2.45, 2.75) is 6.92 Å². The third-order valence-electron chi connectivity index (χ3n) is 1.73. The minimum absolute atomic E-state index is 0.0826. The number of carbonyl (C=O) groups excluding carboxylic acids is 2. The van der Waals surface area contributed by atoms with Gasteiger partial charge in [0.25, 0.3) is 10.8 Å². The third-order valence-corrected chi connectivity index (χ3v) is 2.54. The smallest absolute Gasteiger partial charge is 0.336 e. The van der Waals surface area contributed by atoms with E-state index >= 15 is 0 Å². The van der Waals surface area contributed by atoms with Crippen LogP contribution in [0, 0.1) is 5.82 Å². The Morgan fingerprint density at radius 1 is 1.50 bits per heavy atom. The van der Waals surface area contributed by atoms with E-state index in [-0.39, 0.29) is 16.9 Å². The number of hydrogen-bond acceptors (Lipinski definition) is 6. The number of aromatic nitrogens is 2. The molecule has 1 aromatic heterocycles. The second kappa shape index (κ2) is 6.15. The van der Waals surface area contributed by atoms with Gasteiger partial charge in [-0.1, -0.05) is 11.8 Å². The fourth-order valence-corrected chi connectivity index (χ4v) is 1.62. The van der Waals surface area contributed by atoms with E-state index in [1.54, 1.807) is 6.92 Å². The Kier molecular flexibility index (Phi) is 4.84. The van der Waals surface area contributed by atoms with Gasteiger partial charge in [-0.25, -0.2) is 4.79 Å². The van der Waals surface area contributed by atoms with Gasteiger partial charge in [-0.05, 0) is 6.92 Å². The molecule has 0 atom stereocenters. The van der Waals surface area contributed by atoms with Gasteiger partial charge in [-0.15, -0.1) is 0 Å². The van der Waals surface area contributed by atoms with Gasteiger partial charge in [-0.2, -0.15) is 8.96 Å². The summed E-state index contributed by atoms with van der Waals surface area (Å²) in [5.41, 5.74) is -2.43. The van der Waals surface area contributed by atoms with E-state index in [0.717, 1.165) is 0 Å².